The SMILES string of the molecule is COc1cc(N(CCCCl)C2CCC2)ncn1. The summed E-state index contributed by atoms with van der Waals surface area (Å²) < 4.78 is 5.14. The maximum atomic E-state index is 5.77. The average Bonchev–Trinajstić information content (AvgIpc) is 2.32. The largest absolute Gasteiger partial charge is 0.481 e. The molecule has 0 amide bonds. The Labute approximate surface area is 107 Å². The Morgan fingerprint density at radius 2 is 2.29 bits per heavy atom. The standard InChI is InChI=1S/C12H18ClN3O/c1-17-12-8-11(14-9-15-12)16(7-3-6-13)10-4-2-5-10/h8-10H,2-7H2,1H3. The molecule has 17 heavy (non-hydrogen) atoms. The summed E-state index contributed by atoms with van der Waals surface area (Å²) in [5.74, 6) is 2.25. The van der Waals surface area contributed by atoms with Gasteiger partial charge in [0.25, 0.3) is 0 Å². The van der Waals surface area contributed by atoms with E-state index in [4.69, 9.17) is 16.3 Å². The summed E-state index contributed by atoms with van der Waals surface area (Å²) in [7, 11) is 1.62. The van der Waals surface area contributed by atoms with Gasteiger partial charge < -0.3 is 9.64 Å². The fourth-order valence-electron chi connectivity index (χ4n) is 2.01. The van der Waals surface area contributed by atoms with Gasteiger partial charge in [-0.15, -0.1) is 11.6 Å². The van der Waals surface area contributed by atoms with Gasteiger partial charge in [0.05, 0.1) is 7.11 Å². The fourth-order valence-corrected chi connectivity index (χ4v) is 2.13. The normalized spacial score (nSPS) is 15.4. The molecule has 1 saturated carbocycles. The van der Waals surface area contributed by atoms with E-state index in [1.807, 2.05) is 6.07 Å². The van der Waals surface area contributed by atoms with Gasteiger partial charge in [-0.2, -0.15) is 0 Å². The van der Waals surface area contributed by atoms with E-state index in [0.717, 1.165) is 18.8 Å². The second-order valence-corrected chi connectivity index (χ2v) is 4.62. The lowest BCUT2D eigenvalue weighted by molar-refractivity contribution is 0.379. The first kappa shape index (κ1) is 12.4. The molecule has 1 aromatic heterocycles. The number of aromatic nitrogens is 2. The average molecular weight is 256 g/mol. The Morgan fingerprint density at radius 1 is 1.47 bits per heavy atom. The molecule has 5 heteroatoms. The quantitative estimate of drug-likeness (QED) is 0.732. The van der Waals surface area contributed by atoms with Gasteiger partial charge >= 0.3 is 0 Å². The van der Waals surface area contributed by atoms with Crippen LogP contribution in [0.15, 0.2) is 12.4 Å². The summed E-state index contributed by atoms with van der Waals surface area (Å²) in [4.78, 5) is 10.7. The highest BCUT2D eigenvalue weighted by atomic mass is 35.5. The first-order valence-corrected chi connectivity index (χ1v) is 6.57. The van der Waals surface area contributed by atoms with Crippen molar-refractivity contribution in [3.8, 4) is 5.88 Å². The van der Waals surface area contributed by atoms with Crippen LogP contribution in [0.5, 0.6) is 5.88 Å². The molecular weight excluding hydrogens is 238 g/mol. The van der Waals surface area contributed by atoms with Crippen molar-refractivity contribution in [2.24, 2.45) is 0 Å². The summed E-state index contributed by atoms with van der Waals surface area (Å²) in [5.41, 5.74) is 0. The highest BCUT2D eigenvalue weighted by Crippen LogP contribution is 2.29. The van der Waals surface area contributed by atoms with Gasteiger partial charge in [0.1, 0.15) is 12.1 Å². The van der Waals surface area contributed by atoms with Gasteiger partial charge in [-0.3, -0.25) is 0 Å². The molecule has 2 rings (SSSR count). The van der Waals surface area contributed by atoms with Crippen LogP contribution in [0.25, 0.3) is 0 Å². The summed E-state index contributed by atoms with van der Waals surface area (Å²) >= 11 is 5.77. The van der Waals surface area contributed by atoms with Crippen LogP contribution in [0, 0.1) is 0 Å². The Balaban J connectivity index is 2.11. The molecule has 0 unspecified atom stereocenters. The topological polar surface area (TPSA) is 38.2 Å². The second kappa shape index (κ2) is 6.05. The molecule has 0 aromatic carbocycles. The predicted octanol–water partition coefficient (Wildman–Crippen LogP) is 2.47. The van der Waals surface area contributed by atoms with Crippen molar-refractivity contribution in [2.45, 2.75) is 31.7 Å². The van der Waals surface area contributed by atoms with Crippen LogP contribution in [0.4, 0.5) is 5.82 Å². The molecule has 1 heterocycles. The summed E-state index contributed by atoms with van der Waals surface area (Å²) in [6.07, 6.45) is 6.33. The van der Waals surface area contributed by atoms with E-state index < -0.39 is 0 Å². The lowest BCUT2D eigenvalue weighted by Crippen LogP contribution is -2.41. The van der Waals surface area contributed by atoms with Crippen molar-refractivity contribution in [2.75, 3.05) is 24.4 Å². The zero-order valence-electron chi connectivity index (χ0n) is 10.1. The number of ether oxygens (including phenoxy) is 1. The van der Waals surface area contributed by atoms with Crippen LogP contribution in [0.3, 0.4) is 0 Å². The molecule has 1 aromatic rings. The van der Waals surface area contributed by atoms with Crippen molar-refractivity contribution in [3.63, 3.8) is 0 Å². The fraction of sp³-hybridized carbons (Fsp3) is 0.667. The van der Waals surface area contributed by atoms with Crippen LogP contribution in [-0.2, 0) is 0 Å². The minimum atomic E-state index is 0.609. The molecule has 1 fully saturated rings. The molecule has 0 N–H and O–H groups in total. The van der Waals surface area contributed by atoms with Crippen molar-refractivity contribution >= 4 is 17.4 Å². The van der Waals surface area contributed by atoms with Crippen molar-refractivity contribution in [3.05, 3.63) is 12.4 Å². The number of hydrogen-bond donors (Lipinski definition) is 0. The van der Waals surface area contributed by atoms with Gasteiger partial charge in [0, 0.05) is 24.5 Å². The van der Waals surface area contributed by atoms with Gasteiger partial charge in [-0.05, 0) is 25.7 Å². The molecule has 0 saturated heterocycles. The van der Waals surface area contributed by atoms with Crippen molar-refractivity contribution in [1.29, 1.82) is 0 Å². The van der Waals surface area contributed by atoms with E-state index in [-0.39, 0.29) is 0 Å². The van der Waals surface area contributed by atoms with Crippen molar-refractivity contribution < 1.29 is 4.74 Å². The summed E-state index contributed by atoms with van der Waals surface area (Å²) in [6.45, 7) is 0.953. The van der Waals surface area contributed by atoms with Crippen LogP contribution < -0.4 is 9.64 Å². The van der Waals surface area contributed by atoms with Gasteiger partial charge in [-0.25, -0.2) is 9.97 Å². The maximum absolute atomic E-state index is 5.77. The first-order chi connectivity index (χ1) is 8.35. The molecule has 0 spiro atoms. The Hall–Kier alpha value is -1.03. The summed E-state index contributed by atoms with van der Waals surface area (Å²) in [6, 6.07) is 2.50. The Kier molecular flexibility index (Phi) is 4.42. The number of rotatable bonds is 6. The number of hydrogen-bond acceptors (Lipinski definition) is 4. The van der Waals surface area contributed by atoms with Crippen LogP contribution >= 0.6 is 11.6 Å². The lowest BCUT2D eigenvalue weighted by atomic mass is 9.91. The van der Waals surface area contributed by atoms with E-state index in [1.54, 1.807) is 13.4 Å². The smallest absolute Gasteiger partial charge is 0.218 e. The lowest BCUT2D eigenvalue weighted by Gasteiger charge is -2.38. The minimum Gasteiger partial charge on any atom is -0.481 e. The Bertz CT molecular complexity index is 357. The molecule has 0 radical (unpaired) electrons. The third-order valence-electron chi connectivity index (χ3n) is 3.18. The van der Waals surface area contributed by atoms with E-state index in [0.29, 0.717) is 17.8 Å². The molecular formula is C12H18ClN3O. The Morgan fingerprint density at radius 3 is 2.88 bits per heavy atom. The zero-order chi connectivity index (χ0) is 12.1. The van der Waals surface area contributed by atoms with Gasteiger partial charge in [0.2, 0.25) is 5.88 Å². The molecule has 0 bridgehead atoms. The second-order valence-electron chi connectivity index (χ2n) is 4.24. The van der Waals surface area contributed by atoms with Crippen LogP contribution in [-0.4, -0.2) is 35.5 Å². The third kappa shape index (κ3) is 3.00. The molecule has 1 aliphatic rings. The number of nitrogens with zero attached hydrogens (tertiary/aromatic N) is 3. The summed E-state index contributed by atoms with van der Waals surface area (Å²) in [5, 5.41) is 0. The number of alkyl halides is 1. The van der Waals surface area contributed by atoms with Crippen LogP contribution in [0.2, 0.25) is 0 Å². The number of anilines is 1. The molecule has 0 aliphatic heterocycles. The third-order valence-corrected chi connectivity index (χ3v) is 3.45. The number of halogens is 1. The van der Waals surface area contributed by atoms with E-state index in [1.165, 1.54) is 19.3 Å². The first-order valence-electron chi connectivity index (χ1n) is 6.04. The zero-order valence-corrected chi connectivity index (χ0v) is 10.9. The molecule has 0 atom stereocenters. The molecule has 94 valence electrons. The minimum absolute atomic E-state index is 0.609. The highest BCUT2D eigenvalue weighted by Gasteiger charge is 2.25. The van der Waals surface area contributed by atoms with Crippen molar-refractivity contribution in [1.82, 2.24) is 9.97 Å². The maximum Gasteiger partial charge on any atom is 0.218 e. The van der Waals surface area contributed by atoms with Gasteiger partial charge in [0.15, 0.2) is 0 Å². The molecule has 4 nitrogen and oxygen atoms in total. The number of methoxy groups -OCH3 is 1. The molecule has 1 aliphatic carbocycles. The van der Waals surface area contributed by atoms with E-state index in [9.17, 15) is 0 Å². The van der Waals surface area contributed by atoms with Gasteiger partial charge in [-0.1, -0.05) is 0 Å². The highest BCUT2D eigenvalue weighted by molar-refractivity contribution is 6.17. The van der Waals surface area contributed by atoms with Crippen LogP contribution in [0.1, 0.15) is 25.7 Å². The predicted molar refractivity (Wildman–Crippen MR) is 68.9 cm³/mol. The monoisotopic (exact) mass is 255 g/mol. The van der Waals surface area contributed by atoms with E-state index in [2.05, 4.69) is 14.9 Å². The van der Waals surface area contributed by atoms with E-state index >= 15 is 0 Å².